The lowest BCUT2D eigenvalue weighted by Gasteiger charge is -2.43. The number of morpholine rings is 1. The fourth-order valence-corrected chi connectivity index (χ4v) is 3.21. The molecule has 0 aromatic rings. The summed E-state index contributed by atoms with van der Waals surface area (Å²) in [5.74, 6) is -1.24. The standard InChI is InChI=1S/C14H21F3N2O3/c1-9-12(14(15,16)17)19(6-7-22-9)13(21)11-4-3-5-18(8-11)10(2)20/h9,11-12H,3-8H2,1-2H3/t9-,11?,12-/m0/s1. The highest BCUT2D eigenvalue weighted by Gasteiger charge is 2.51. The molecule has 126 valence electrons. The Morgan fingerprint density at radius 2 is 1.91 bits per heavy atom. The number of nitrogens with zero attached hydrogens (tertiary/aromatic N) is 2. The molecule has 1 unspecified atom stereocenters. The van der Waals surface area contributed by atoms with Crippen LogP contribution in [0.3, 0.4) is 0 Å². The molecule has 2 heterocycles. The normalized spacial score (nSPS) is 30.3. The molecule has 0 N–H and O–H groups in total. The van der Waals surface area contributed by atoms with Crippen LogP contribution in [-0.4, -0.2) is 66.2 Å². The van der Waals surface area contributed by atoms with Crippen molar-refractivity contribution in [3.05, 3.63) is 0 Å². The van der Waals surface area contributed by atoms with Gasteiger partial charge in [-0.3, -0.25) is 9.59 Å². The van der Waals surface area contributed by atoms with Gasteiger partial charge in [-0.25, -0.2) is 0 Å². The minimum Gasteiger partial charge on any atom is -0.374 e. The van der Waals surface area contributed by atoms with Crippen LogP contribution in [0.4, 0.5) is 13.2 Å². The lowest BCUT2D eigenvalue weighted by molar-refractivity contribution is -0.231. The predicted octanol–water partition coefficient (Wildman–Crippen LogP) is 1.42. The number of alkyl halides is 3. The molecule has 22 heavy (non-hydrogen) atoms. The Balaban J connectivity index is 2.14. The topological polar surface area (TPSA) is 49.9 Å². The molecule has 0 spiro atoms. The summed E-state index contributed by atoms with van der Waals surface area (Å²) in [6.07, 6.45) is -4.46. The van der Waals surface area contributed by atoms with Gasteiger partial charge in [-0.05, 0) is 19.8 Å². The molecule has 0 aromatic carbocycles. The van der Waals surface area contributed by atoms with Crippen molar-refractivity contribution in [1.29, 1.82) is 0 Å². The van der Waals surface area contributed by atoms with E-state index in [-0.39, 0.29) is 25.6 Å². The monoisotopic (exact) mass is 322 g/mol. The zero-order valence-electron chi connectivity index (χ0n) is 12.7. The van der Waals surface area contributed by atoms with Crippen molar-refractivity contribution < 1.29 is 27.5 Å². The molecule has 2 rings (SSSR count). The van der Waals surface area contributed by atoms with Crippen LogP contribution < -0.4 is 0 Å². The van der Waals surface area contributed by atoms with E-state index < -0.39 is 30.1 Å². The van der Waals surface area contributed by atoms with Crippen molar-refractivity contribution in [2.24, 2.45) is 5.92 Å². The van der Waals surface area contributed by atoms with Crippen molar-refractivity contribution >= 4 is 11.8 Å². The van der Waals surface area contributed by atoms with Crippen LogP contribution in [0.25, 0.3) is 0 Å². The Morgan fingerprint density at radius 3 is 2.50 bits per heavy atom. The second-order valence-electron chi connectivity index (χ2n) is 5.90. The molecule has 2 saturated heterocycles. The molecule has 2 aliphatic heterocycles. The van der Waals surface area contributed by atoms with Crippen molar-refractivity contribution in [1.82, 2.24) is 9.80 Å². The third-order valence-electron chi connectivity index (χ3n) is 4.33. The van der Waals surface area contributed by atoms with Gasteiger partial charge < -0.3 is 14.5 Å². The van der Waals surface area contributed by atoms with E-state index in [1.165, 1.54) is 18.7 Å². The Kier molecular flexibility index (Phi) is 4.99. The summed E-state index contributed by atoms with van der Waals surface area (Å²) in [5, 5.41) is 0. The van der Waals surface area contributed by atoms with Crippen LogP contribution in [0, 0.1) is 5.92 Å². The van der Waals surface area contributed by atoms with E-state index in [9.17, 15) is 22.8 Å². The minimum atomic E-state index is -4.52. The van der Waals surface area contributed by atoms with Crippen molar-refractivity contribution in [3.63, 3.8) is 0 Å². The minimum absolute atomic E-state index is 0.0656. The first-order chi connectivity index (χ1) is 10.2. The van der Waals surface area contributed by atoms with Crippen LogP contribution in [0.5, 0.6) is 0 Å². The van der Waals surface area contributed by atoms with Gasteiger partial charge in [0.25, 0.3) is 0 Å². The highest BCUT2D eigenvalue weighted by molar-refractivity contribution is 5.81. The van der Waals surface area contributed by atoms with E-state index >= 15 is 0 Å². The molecule has 5 nitrogen and oxygen atoms in total. The summed E-state index contributed by atoms with van der Waals surface area (Å²) in [4.78, 5) is 26.4. The summed E-state index contributed by atoms with van der Waals surface area (Å²) >= 11 is 0. The lowest BCUT2D eigenvalue weighted by Crippen LogP contribution is -2.61. The molecule has 0 radical (unpaired) electrons. The first kappa shape index (κ1) is 17.1. The second kappa shape index (κ2) is 6.44. The molecule has 0 saturated carbocycles. The maximum Gasteiger partial charge on any atom is 0.411 e. The number of piperidine rings is 1. The van der Waals surface area contributed by atoms with Crippen LogP contribution in [0.2, 0.25) is 0 Å². The number of hydrogen-bond donors (Lipinski definition) is 0. The van der Waals surface area contributed by atoms with Gasteiger partial charge in [0.1, 0.15) is 0 Å². The SMILES string of the molecule is CC(=O)N1CCCC(C(=O)N2CCO[C@@H](C)[C@H]2C(F)(F)F)C1. The van der Waals surface area contributed by atoms with Crippen molar-refractivity contribution in [3.8, 4) is 0 Å². The van der Waals surface area contributed by atoms with Gasteiger partial charge in [0.15, 0.2) is 6.04 Å². The summed E-state index contributed by atoms with van der Waals surface area (Å²) in [6, 6.07) is -1.92. The van der Waals surface area contributed by atoms with Gasteiger partial charge in [-0.2, -0.15) is 13.2 Å². The zero-order valence-corrected chi connectivity index (χ0v) is 12.7. The van der Waals surface area contributed by atoms with E-state index in [0.29, 0.717) is 19.4 Å². The second-order valence-corrected chi connectivity index (χ2v) is 5.90. The molecule has 0 aromatic heterocycles. The first-order valence-corrected chi connectivity index (χ1v) is 7.46. The molecule has 3 atom stereocenters. The number of likely N-dealkylation sites (tertiary alicyclic amines) is 1. The van der Waals surface area contributed by atoms with E-state index in [4.69, 9.17) is 4.74 Å². The third-order valence-corrected chi connectivity index (χ3v) is 4.33. The van der Waals surface area contributed by atoms with E-state index in [0.717, 1.165) is 4.90 Å². The highest BCUT2D eigenvalue weighted by atomic mass is 19.4. The molecular formula is C14H21F3N2O3. The van der Waals surface area contributed by atoms with Crippen molar-refractivity contribution in [2.45, 2.75) is 45.0 Å². The fraction of sp³-hybridized carbons (Fsp3) is 0.857. The number of rotatable bonds is 1. The maximum absolute atomic E-state index is 13.2. The van der Waals surface area contributed by atoms with Gasteiger partial charge in [0, 0.05) is 26.6 Å². The largest absolute Gasteiger partial charge is 0.411 e. The molecule has 0 aliphatic carbocycles. The smallest absolute Gasteiger partial charge is 0.374 e. The van der Waals surface area contributed by atoms with Gasteiger partial charge in [-0.1, -0.05) is 0 Å². The number of halogens is 3. The van der Waals surface area contributed by atoms with Gasteiger partial charge in [-0.15, -0.1) is 0 Å². The molecule has 2 fully saturated rings. The van der Waals surface area contributed by atoms with Crippen LogP contribution in [0.1, 0.15) is 26.7 Å². The van der Waals surface area contributed by atoms with Gasteiger partial charge >= 0.3 is 6.18 Å². The predicted molar refractivity (Wildman–Crippen MR) is 71.9 cm³/mol. The average molecular weight is 322 g/mol. The highest BCUT2D eigenvalue weighted by Crippen LogP contribution is 2.32. The Morgan fingerprint density at radius 1 is 1.23 bits per heavy atom. The molecular weight excluding hydrogens is 301 g/mol. The van der Waals surface area contributed by atoms with Crippen LogP contribution in [-0.2, 0) is 14.3 Å². The van der Waals surface area contributed by atoms with Crippen LogP contribution in [0.15, 0.2) is 0 Å². The number of carbonyl (C=O) groups excluding carboxylic acids is 2. The molecule has 8 heteroatoms. The fourth-order valence-electron chi connectivity index (χ4n) is 3.21. The van der Waals surface area contributed by atoms with Gasteiger partial charge in [0.2, 0.25) is 11.8 Å². The third kappa shape index (κ3) is 3.53. The zero-order chi connectivity index (χ0) is 16.5. The first-order valence-electron chi connectivity index (χ1n) is 7.46. The summed E-state index contributed by atoms with van der Waals surface area (Å²) in [6.45, 7) is 3.53. The lowest BCUT2D eigenvalue weighted by atomic mass is 9.94. The summed E-state index contributed by atoms with van der Waals surface area (Å²) < 4.78 is 44.8. The van der Waals surface area contributed by atoms with Crippen molar-refractivity contribution in [2.75, 3.05) is 26.2 Å². The molecule has 2 amide bonds. The number of carbonyl (C=O) groups is 2. The molecule has 2 aliphatic rings. The number of hydrogen-bond acceptors (Lipinski definition) is 3. The van der Waals surface area contributed by atoms with Gasteiger partial charge in [0.05, 0.1) is 18.6 Å². The number of ether oxygens (including phenoxy) is 1. The van der Waals surface area contributed by atoms with Crippen LogP contribution >= 0.6 is 0 Å². The van der Waals surface area contributed by atoms with E-state index in [2.05, 4.69) is 0 Å². The summed E-state index contributed by atoms with van der Waals surface area (Å²) in [5.41, 5.74) is 0. The Hall–Kier alpha value is -1.31. The summed E-state index contributed by atoms with van der Waals surface area (Å²) in [7, 11) is 0. The quantitative estimate of drug-likeness (QED) is 0.734. The number of amides is 2. The van der Waals surface area contributed by atoms with E-state index in [1.54, 1.807) is 0 Å². The maximum atomic E-state index is 13.2. The van der Waals surface area contributed by atoms with E-state index in [1.807, 2.05) is 0 Å². The average Bonchev–Trinajstić information content (AvgIpc) is 2.45. The molecule has 0 bridgehead atoms. The Labute approximate surface area is 127 Å². The Bertz CT molecular complexity index is 442.